The van der Waals surface area contributed by atoms with Gasteiger partial charge in [-0.15, -0.1) is 0 Å². The third-order valence-corrected chi connectivity index (χ3v) is 5.97. The summed E-state index contributed by atoms with van der Waals surface area (Å²) in [6.45, 7) is 0.338. The van der Waals surface area contributed by atoms with Crippen LogP contribution >= 0.6 is 11.6 Å². The quantitative estimate of drug-likeness (QED) is 0.818. The highest BCUT2D eigenvalue weighted by Gasteiger charge is 2.55. The van der Waals surface area contributed by atoms with Crippen molar-refractivity contribution in [3.05, 3.63) is 23.2 Å². The molecule has 0 bridgehead atoms. The lowest BCUT2D eigenvalue weighted by molar-refractivity contribution is -0.0764. The molecule has 1 saturated carbocycles. The molecule has 0 aromatic heterocycles. The van der Waals surface area contributed by atoms with Crippen LogP contribution in [0.4, 0.5) is 5.69 Å². The first-order valence-electron chi connectivity index (χ1n) is 6.10. The van der Waals surface area contributed by atoms with E-state index in [1.807, 2.05) is 0 Å². The fourth-order valence-corrected chi connectivity index (χ4v) is 4.16. The molecule has 1 aliphatic carbocycles. The lowest BCUT2D eigenvalue weighted by atomic mass is 9.91. The third kappa shape index (κ3) is 2.12. The predicted octanol–water partition coefficient (Wildman–Crippen LogP) is 1.07. The van der Waals surface area contributed by atoms with Crippen LogP contribution in [0.15, 0.2) is 23.1 Å². The van der Waals surface area contributed by atoms with Gasteiger partial charge in [0, 0.05) is 13.1 Å². The van der Waals surface area contributed by atoms with Crippen LogP contribution in [0.1, 0.15) is 12.8 Å². The van der Waals surface area contributed by atoms with E-state index in [2.05, 4.69) is 0 Å². The number of hydrogen-bond acceptors (Lipinski definition) is 4. The zero-order valence-corrected chi connectivity index (χ0v) is 11.8. The second-order valence-electron chi connectivity index (χ2n) is 5.33. The van der Waals surface area contributed by atoms with Crippen molar-refractivity contribution in [3.8, 4) is 0 Å². The summed E-state index contributed by atoms with van der Waals surface area (Å²) in [6, 6.07) is 4.26. The summed E-state index contributed by atoms with van der Waals surface area (Å²) in [6.07, 6.45) is 1.97. The first-order chi connectivity index (χ1) is 8.83. The van der Waals surface area contributed by atoms with Gasteiger partial charge in [0.05, 0.1) is 21.2 Å². The zero-order chi connectivity index (χ0) is 13.8. The van der Waals surface area contributed by atoms with Gasteiger partial charge in [0.15, 0.2) is 0 Å². The average Bonchev–Trinajstić information content (AvgIpc) is 3.12. The standard InChI is InChI=1S/C12H15ClN2O3S/c13-10-4-3-9(5-11(10)14)19(17,18)15-6-12(16,7-15)8-1-2-8/h3-5,8,16H,1-2,6-7,14H2. The minimum Gasteiger partial charge on any atom is -0.397 e. The van der Waals surface area contributed by atoms with Gasteiger partial charge in [0.2, 0.25) is 10.0 Å². The number of aliphatic hydroxyl groups is 1. The van der Waals surface area contributed by atoms with Gasteiger partial charge in [-0.25, -0.2) is 8.42 Å². The Morgan fingerprint density at radius 3 is 2.53 bits per heavy atom. The molecule has 3 N–H and O–H groups in total. The molecule has 19 heavy (non-hydrogen) atoms. The first-order valence-corrected chi connectivity index (χ1v) is 7.92. The Kier molecular flexibility index (Phi) is 2.83. The molecule has 0 amide bonds. The SMILES string of the molecule is Nc1cc(S(=O)(=O)N2CC(O)(C3CC3)C2)ccc1Cl. The minimum absolute atomic E-state index is 0.118. The van der Waals surface area contributed by atoms with Crippen molar-refractivity contribution < 1.29 is 13.5 Å². The molecule has 7 heteroatoms. The lowest BCUT2D eigenvalue weighted by Crippen LogP contribution is -2.64. The molecular weight excluding hydrogens is 288 g/mol. The lowest BCUT2D eigenvalue weighted by Gasteiger charge is -2.45. The Bertz CT molecular complexity index is 622. The third-order valence-electron chi connectivity index (χ3n) is 3.84. The number of anilines is 1. The van der Waals surface area contributed by atoms with Crippen LogP contribution < -0.4 is 5.73 Å². The molecule has 5 nitrogen and oxygen atoms in total. The fourth-order valence-electron chi connectivity index (χ4n) is 2.44. The van der Waals surface area contributed by atoms with E-state index in [-0.39, 0.29) is 29.6 Å². The van der Waals surface area contributed by atoms with E-state index in [0.717, 1.165) is 12.8 Å². The zero-order valence-electron chi connectivity index (χ0n) is 10.2. The number of nitrogens with zero attached hydrogens (tertiary/aromatic N) is 1. The molecule has 3 rings (SSSR count). The highest BCUT2D eigenvalue weighted by Crippen LogP contribution is 2.45. The Morgan fingerprint density at radius 2 is 2.00 bits per heavy atom. The Labute approximate surface area is 117 Å². The van der Waals surface area contributed by atoms with E-state index in [0.29, 0.717) is 5.02 Å². The van der Waals surface area contributed by atoms with Crippen molar-refractivity contribution in [1.82, 2.24) is 4.31 Å². The van der Waals surface area contributed by atoms with Gasteiger partial charge in [-0.1, -0.05) is 11.6 Å². The van der Waals surface area contributed by atoms with E-state index in [4.69, 9.17) is 17.3 Å². The molecule has 1 aliphatic heterocycles. The van der Waals surface area contributed by atoms with Gasteiger partial charge < -0.3 is 10.8 Å². The monoisotopic (exact) mass is 302 g/mol. The highest BCUT2D eigenvalue weighted by atomic mass is 35.5. The Hall–Kier alpha value is -0.820. The topological polar surface area (TPSA) is 83.6 Å². The van der Waals surface area contributed by atoms with Gasteiger partial charge >= 0.3 is 0 Å². The minimum atomic E-state index is -3.58. The van der Waals surface area contributed by atoms with Gasteiger partial charge in [0.1, 0.15) is 0 Å². The summed E-state index contributed by atoms with van der Waals surface area (Å²) in [4.78, 5) is 0.118. The van der Waals surface area contributed by atoms with Crippen molar-refractivity contribution in [2.45, 2.75) is 23.3 Å². The van der Waals surface area contributed by atoms with Crippen LogP contribution in [-0.4, -0.2) is 36.5 Å². The largest absolute Gasteiger partial charge is 0.397 e. The number of halogens is 1. The molecule has 0 unspecified atom stereocenters. The van der Waals surface area contributed by atoms with Crippen molar-refractivity contribution in [3.63, 3.8) is 0 Å². The predicted molar refractivity (Wildman–Crippen MR) is 72.3 cm³/mol. The maximum absolute atomic E-state index is 12.3. The molecule has 1 saturated heterocycles. The second-order valence-corrected chi connectivity index (χ2v) is 7.68. The fraction of sp³-hybridized carbons (Fsp3) is 0.500. The number of hydrogen-bond donors (Lipinski definition) is 2. The molecule has 0 spiro atoms. The van der Waals surface area contributed by atoms with Crippen molar-refractivity contribution in [2.75, 3.05) is 18.8 Å². The smallest absolute Gasteiger partial charge is 0.243 e. The molecule has 1 aromatic rings. The summed E-state index contributed by atoms with van der Waals surface area (Å²) >= 11 is 5.78. The van der Waals surface area contributed by atoms with Crippen LogP contribution in [-0.2, 0) is 10.0 Å². The number of benzene rings is 1. The van der Waals surface area contributed by atoms with E-state index < -0.39 is 15.6 Å². The van der Waals surface area contributed by atoms with Crippen molar-refractivity contribution in [2.24, 2.45) is 5.92 Å². The average molecular weight is 303 g/mol. The normalized spacial score (nSPS) is 23.1. The molecular formula is C12H15ClN2O3S. The number of nitrogens with two attached hydrogens (primary N) is 1. The van der Waals surface area contributed by atoms with Crippen LogP contribution in [0.25, 0.3) is 0 Å². The van der Waals surface area contributed by atoms with Gasteiger partial charge in [0.25, 0.3) is 0 Å². The molecule has 1 aromatic carbocycles. The molecule has 2 aliphatic rings. The van der Waals surface area contributed by atoms with E-state index in [1.165, 1.54) is 22.5 Å². The number of nitrogen functional groups attached to an aromatic ring is 1. The molecule has 0 atom stereocenters. The summed E-state index contributed by atoms with van der Waals surface area (Å²) in [5.74, 6) is 0.259. The number of β-amino-alcohol motifs (C(OH)–C–C–N with tert-alkyl or cyclic N) is 1. The van der Waals surface area contributed by atoms with Gasteiger partial charge in [-0.3, -0.25) is 0 Å². The van der Waals surface area contributed by atoms with Crippen LogP contribution in [0, 0.1) is 5.92 Å². The van der Waals surface area contributed by atoms with Gasteiger partial charge in [-0.2, -0.15) is 4.31 Å². The Morgan fingerprint density at radius 1 is 1.37 bits per heavy atom. The number of sulfonamides is 1. The summed E-state index contributed by atoms with van der Waals surface area (Å²) in [7, 11) is -3.58. The molecule has 104 valence electrons. The van der Waals surface area contributed by atoms with E-state index in [9.17, 15) is 13.5 Å². The molecule has 1 heterocycles. The first kappa shape index (κ1) is 13.2. The molecule has 0 radical (unpaired) electrons. The maximum Gasteiger partial charge on any atom is 0.243 e. The van der Waals surface area contributed by atoms with E-state index in [1.54, 1.807) is 0 Å². The molecule has 2 fully saturated rings. The van der Waals surface area contributed by atoms with Crippen LogP contribution in [0.5, 0.6) is 0 Å². The summed E-state index contributed by atoms with van der Waals surface area (Å²) in [5.41, 5.74) is 5.03. The van der Waals surface area contributed by atoms with Crippen molar-refractivity contribution >= 4 is 27.3 Å². The van der Waals surface area contributed by atoms with Crippen LogP contribution in [0.3, 0.4) is 0 Å². The van der Waals surface area contributed by atoms with Crippen LogP contribution in [0.2, 0.25) is 5.02 Å². The van der Waals surface area contributed by atoms with E-state index >= 15 is 0 Å². The Balaban J connectivity index is 1.82. The second kappa shape index (κ2) is 4.09. The number of rotatable bonds is 3. The van der Waals surface area contributed by atoms with Gasteiger partial charge in [-0.05, 0) is 37.0 Å². The summed E-state index contributed by atoms with van der Waals surface area (Å²) < 4.78 is 25.9. The summed E-state index contributed by atoms with van der Waals surface area (Å²) in [5, 5.41) is 10.5. The van der Waals surface area contributed by atoms with Crippen molar-refractivity contribution in [1.29, 1.82) is 0 Å². The highest BCUT2D eigenvalue weighted by molar-refractivity contribution is 7.89. The maximum atomic E-state index is 12.3.